The van der Waals surface area contributed by atoms with Crippen molar-refractivity contribution < 1.29 is 9.59 Å². The molecule has 1 fully saturated rings. The van der Waals surface area contributed by atoms with Crippen LogP contribution < -0.4 is 10.2 Å². The molecule has 0 saturated carbocycles. The summed E-state index contributed by atoms with van der Waals surface area (Å²) in [6.45, 7) is 5.17. The maximum absolute atomic E-state index is 12.5. The van der Waals surface area contributed by atoms with Crippen molar-refractivity contribution in [1.29, 1.82) is 0 Å². The van der Waals surface area contributed by atoms with Gasteiger partial charge in [-0.05, 0) is 45.1 Å². The van der Waals surface area contributed by atoms with Crippen LogP contribution in [0.3, 0.4) is 0 Å². The van der Waals surface area contributed by atoms with E-state index in [0.717, 1.165) is 31.4 Å². The lowest BCUT2D eigenvalue weighted by atomic mass is 9.97. The maximum atomic E-state index is 12.5. The fourth-order valence-corrected chi connectivity index (χ4v) is 3.40. The van der Waals surface area contributed by atoms with E-state index in [9.17, 15) is 9.59 Å². The zero-order chi connectivity index (χ0) is 18.4. The summed E-state index contributed by atoms with van der Waals surface area (Å²) >= 11 is 0. The normalized spacial score (nSPS) is 17.7. The number of allylic oxidation sites excluding steroid dienone is 1. The lowest BCUT2D eigenvalue weighted by Gasteiger charge is -2.32. The Morgan fingerprint density at radius 2 is 2.04 bits per heavy atom. The third kappa shape index (κ3) is 4.80. The smallest absolute Gasteiger partial charge is 0.270 e. The van der Waals surface area contributed by atoms with Crippen molar-refractivity contribution >= 4 is 18.3 Å². The number of carbonyl (C=O) groups excluding carboxylic acids is 2. The zero-order valence-electron chi connectivity index (χ0n) is 15.4. The molecular weight excluding hydrogens is 330 g/mol. The van der Waals surface area contributed by atoms with Gasteiger partial charge in [-0.1, -0.05) is 11.6 Å². The van der Waals surface area contributed by atoms with Gasteiger partial charge in [-0.2, -0.15) is 0 Å². The van der Waals surface area contributed by atoms with E-state index >= 15 is 0 Å². The summed E-state index contributed by atoms with van der Waals surface area (Å²) < 4.78 is 0. The number of piperazine rings is 1. The minimum atomic E-state index is -0.153. The van der Waals surface area contributed by atoms with Crippen molar-refractivity contribution in [2.75, 3.05) is 37.6 Å². The van der Waals surface area contributed by atoms with Gasteiger partial charge in [-0.3, -0.25) is 9.59 Å². The van der Waals surface area contributed by atoms with Crippen molar-refractivity contribution in [2.24, 2.45) is 0 Å². The van der Waals surface area contributed by atoms with Gasteiger partial charge in [0.2, 0.25) is 12.4 Å². The maximum Gasteiger partial charge on any atom is 0.270 e. The molecule has 1 aliphatic carbocycles. The van der Waals surface area contributed by atoms with Gasteiger partial charge < -0.3 is 15.1 Å². The fraction of sp³-hybridized carbons (Fsp3) is 0.579. The predicted octanol–water partition coefficient (Wildman–Crippen LogP) is 1.68. The van der Waals surface area contributed by atoms with Crippen LogP contribution in [0.4, 0.5) is 5.95 Å². The molecule has 1 saturated heterocycles. The Hall–Kier alpha value is -2.44. The molecule has 0 unspecified atom stereocenters. The number of aromatic nitrogens is 2. The molecule has 26 heavy (non-hydrogen) atoms. The molecule has 7 nitrogen and oxygen atoms in total. The van der Waals surface area contributed by atoms with Crippen LogP contribution in [-0.2, 0) is 4.79 Å². The standard InChI is InChI=1S/C19H27N5O2/c1-15-13-17(18(26)20-8-7-16-5-3-2-4-6-16)22-19(21-15)24-11-9-23(14-25)10-12-24/h5,13-14H,2-4,6-12H2,1H3,(H,20,26). The van der Waals surface area contributed by atoms with Crippen molar-refractivity contribution in [3.05, 3.63) is 29.1 Å². The minimum Gasteiger partial charge on any atom is -0.350 e. The average molecular weight is 357 g/mol. The van der Waals surface area contributed by atoms with Crippen LogP contribution in [0.2, 0.25) is 0 Å². The number of rotatable bonds is 6. The van der Waals surface area contributed by atoms with Gasteiger partial charge >= 0.3 is 0 Å². The summed E-state index contributed by atoms with van der Waals surface area (Å²) in [5.41, 5.74) is 2.63. The van der Waals surface area contributed by atoms with Crippen LogP contribution in [-0.4, -0.2) is 59.9 Å². The summed E-state index contributed by atoms with van der Waals surface area (Å²) in [6.07, 6.45) is 8.94. The Bertz CT molecular complexity index is 681. The second kappa shape index (κ2) is 8.78. The van der Waals surface area contributed by atoms with Crippen molar-refractivity contribution in [3.63, 3.8) is 0 Å². The summed E-state index contributed by atoms with van der Waals surface area (Å²) in [5, 5.41) is 2.98. The second-order valence-electron chi connectivity index (χ2n) is 6.94. The summed E-state index contributed by atoms with van der Waals surface area (Å²) in [4.78, 5) is 36.0. The summed E-state index contributed by atoms with van der Waals surface area (Å²) in [6, 6.07) is 1.72. The molecule has 0 radical (unpaired) electrons. The molecule has 2 aliphatic rings. The van der Waals surface area contributed by atoms with E-state index in [1.54, 1.807) is 11.0 Å². The first kappa shape index (κ1) is 18.4. The van der Waals surface area contributed by atoms with Crippen LogP contribution in [0.25, 0.3) is 0 Å². The average Bonchev–Trinajstić information content (AvgIpc) is 2.68. The molecule has 0 spiro atoms. The third-order valence-electron chi connectivity index (χ3n) is 4.94. The highest BCUT2D eigenvalue weighted by atomic mass is 16.2. The highest BCUT2D eigenvalue weighted by Gasteiger charge is 2.20. The molecule has 1 N–H and O–H groups in total. The molecule has 0 bridgehead atoms. The van der Waals surface area contributed by atoms with Crippen LogP contribution in [0.5, 0.6) is 0 Å². The highest BCUT2D eigenvalue weighted by molar-refractivity contribution is 5.92. The van der Waals surface area contributed by atoms with Gasteiger partial charge in [-0.15, -0.1) is 0 Å². The Kier molecular flexibility index (Phi) is 6.20. The van der Waals surface area contributed by atoms with E-state index in [1.807, 2.05) is 11.8 Å². The molecule has 2 amide bonds. The Balaban J connectivity index is 1.58. The molecule has 3 rings (SSSR count). The molecule has 0 atom stereocenters. The molecule has 7 heteroatoms. The Labute approximate surface area is 154 Å². The Morgan fingerprint density at radius 3 is 2.73 bits per heavy atom. The van der Waals surface area contributed by atoms with Gasteiger partial charge in [0.05, 0.1) is 0 Å². The molecule has 1 aromatic rings. The van der Waals surface area contributed by atoms with E-state index in [2.05, 4.69) is 21.4 Å². The highest BCUT2D eigenvalue weighted by Crippen LogP contribution is 2.19. The molecule has 1 aliphatic heterocycles. The van der Waals surface area contributed by atoms with E-state index in [1.165, 1.54) is 18.4 Å². The first-order valence-electron chi connectivity index (χ1n) is 9.42. The van der Waals surface area contributed by atoms with Crippen molar-refractivity contribution in [3.8, 4) is 0 Å². The number of nitrogens with zero attached hydrogens (tertiary/aromatic N) is 4. The van der Waals surface area contributed by atoms with Gasteiger partial charge in [0.1, 0.15) is 5.69 Å². The van der Waals surface area contributed by atoms with E-state index < -0.39 is 0 Å². The van der Waals surface area contributed by atoms with Crippen LogP contribution in [0.1, 0.15) is 48.3 Å². The number of amides is 2. The van der Waals surface area contributed by atoms with Crippen molar-refractivity contribution in [2.45, 2.75) is 39.0 Å². The lowest BCUT2D eigenvalue weighted by molar-refractivity contribution is -0.118. The first-order valence-corrected chi connectivity index (χ1v) is 9.42. The molecule has 0 aromatic carbocycles. The number of anilines is 1. The fourth-order valence-electron chi connectivity index (χ4n) is 3.40. The SMILES string of the molecule is Cc1cc(C(=O)NCCC2=CCCCC2)nc(N2CCN(C=O)CC2)n1. The number of carbonyl (C=O) groups is 2. The Morgan fingerprint density at radius 1 is 1.23 bits per heavy atom. The number of hydrogen-bond acceptors (Lipinski definition) is 5. The summed E-state index contributed by atoms with van der Waals surface area (Å²) in [5.74, 6) is 0.412. The van der Waals surface area contributed by atoms with Gasteiger partial charge in [0.25, 0.3) is 5.91 Å². The second-order valence-corrected chi connectivity index (χ2v) is 6.94. The molecule has 140 valence electrons. The molecule has 2 heterocycles. The topological polar surface area (TPSA) is 78.4 Å². The molecule has 1 aromatic heterocycles. The van der Waals surface area contributed by atoms with Gasteiger partial charge in [0.15, 0.2) is 0 Å². The van der Waals surface area contributed by atoms with Gasteiger partial charge in [-0.25, -0.2) is 9.97 Å². The predicted molar refractivity (Wildman–Crippen MR) is 100 cm³/mol. The van der Waals surface area contributed by atoms with Crippen LogP contribution in [0.15, 0.2) is 17.7 Å². The quantitative estimate of drug-likeness (QED) is 0.619. The van der Waals surface area contributed by atoms with E-state index in [-0.39, 0.29) is 5.91 Å². The van der Waals surface area contributed by atoms with Crippen molar-refractivity contribution in [1.82, 2.24) is 20.2 Å². The van der Waals surface area contributed by atoms with Gasteiger partial charge in [0, 0.05) is 38.4 Å². The lowest BCUT2D eigenvalue weighted by Crippen LogP contribution is -2.46. The number of nitrogens with one attached hydrogen (secondary N) is 1. The number of hydrogen-bond donors (Lipinski definition) is 1. The zero-order valence-corrected chi connectivity index (χ0v) is 15.4. The first-order chi connectivity index (χ1) is 12.7. The molecular formula is C19H27N5O2. The van der Waals surface area contributed by atoms with E-state index in [4.69, 9.17) is 0 Å². The number of aryl methyl sites for hydroxylation is 1. The minimum absolute atomic E-state index is 0.153. The largest absolute Gasteiger partial charge is 0.350 e. The monoisotopic (exact) mass is 357 g/mol. The van der Waals surface area contributed by atoms with E-state index in [0.29, 0.717) is 44.4 Å². The summed E-state index contributed by atoms with van der Waals surface area (Å²) in [7, 11) is 0. The van der Waals surface area contributed by atoms with Crippen LogP contribution >= 0.6 is 0 Å². The third-order valence-corrected chi connectivity index (χ3v) is 4.94. The van der Waals surface area contributed by atoms with Crippen LogP contribution in [0, 0.1) is 6.92 Å².